The molecule has 21 heavy (non-hydrogen) atoms. The first-order valence-electron chi connectivity index (χ1n) is 7.59. The van der Waals surface area contributed by atoms with E-state index < -0.39 is 0 Å². The molecule has 1 heterocycles. The lowest BCUT2D eigenvalue weighted by Crippen LogP contribution is -2.22. The van der Waals surface area contributed by atoms with Gasteiger partial charge in [0.25, 0.3) is 0 Å². The second kappa shape index (κ2) is 7.62. The fourth-order valence-corrected chi connectivity index (χ4v) is 2.58. The van der Waals surface area contributed by atoms with E-state index in [0.717, 1.165) is 41.1 Å². The Kier molecular flexibility index (Phi) is 5.83. The van der Waals surface area contributed by atoms with E-state index >= 15 is 0 Å². The summed E-state index contributed by atoms with van der Waals surface area (Å²) in [5.41, 5.74) is 2.07. The number of hydrogen-bond donors (Lipinski definition) is 1. The third-order valence-electron chi connectivity index (χ3n) is 3.82. The maximum absolute atomic E-state index is 6.02. The molecule has 0 bridgehead atoms. The van der Waals surface area contributed by atoms with Gasteiger partial charge in [-0.05, 0) is 64.2 Å². The van der Waals surface area contributed by atoms with Crippen molar-refractivity contribution in [1.29, 1.82) is 0 Å². The Bertz CT molecular complexity index is 585. The van der Waals surface area contributed by atoms with Crippen LogP contribution in [0.4, 0.5) is 5.69 Å². The molecule has 2 rings (SSSR count). The molecule has 1 aromatic carbocycles. The minimum absolute atomic E-state index is 0.441. The summed E-state index contributed by atoms with van der Waals surface area (Å²) in [5.74, 6) is 0. The molecule has 0 saturated carbocycles. The van der Waals surface area contributed by atoms with E-state index in [4.69, 9.17) is 11.6 Å². The zero-order valence-electron chi connectivity index (χ0n) is 13.1. The first-order chi connectivity index (χ1) is 10.1. The molecular formula is C17H24ClN3. The lowest BCUT2D eigenvalue weighted by molar-refractivity contribution is 0.340. The predicted octanol–water partition coefficient (Wildman–Crippen LogP) is 4.42. The number of rotatable bonds is 7. The van der Waals surface area contributed by atoms with Crippen LogP contribution < -0.4 is 5.32 Å². The van der Waals surface area contributed by atoms with E-state index in [1.165, 1.54) is 6.42 Å². The Balaban J connectivity index is 1.99. The number of nitrogens with zero attached hydrogens (tertiary/aromatic N) is 2. The fourth-order valence-electron chi connectivity index (χ4n) is 2.41. The van der Waals surface area contributed by atoms with Gasteiger partial charge in [-0.2, -0.15) is 0 Å². The van der Waals surface area contributed by atoms with Crippen LogP contribution in [0.3, 0.4) is 0 Å². The number of aromatic nitrogens is 1. The summed E-state index contributed by atoms with van der Waals surface area (Å²) in [6.45, 7) is 6.68. The third kappa shape index (κ3) is 4.58. The van der Waals surface area contributed by atoms with E-state index in [2.05, 4.69) is 36.1 Å². The van der Waals surface area contributed by atoms with Crippen LogP contribution in [-0.4, -0.2) is 36.1 Å². The minimum Gasteiger partial charge on any atom is -0.382 e. The summed E-state index contributed by atoms with van der Waals surface area (Å²) in [6.07, 6.45) is 4.19. The van der Waals surface area contributed by atoms with Crippen molar-refractivity contribution in [2.45, 2.75) is 32.7 Å². The van der Waals surface area contributed by atoms with Gasteiger partial charge in [0.05, 0.1) is 5.52 Å². The van der Waals surface area contributed by atoms with Crippen molar-refractivity contribution in [3.05, 3.63) is 35.5 Å². The van der Waals surface area contributed by atoms with Crippen LogP contribution >= 0.6 is 11.6 Å². The van der Waals surface area contributed by atoms with Crippen molar-refractivity contribution in [3.63, 3.8) is 0 Å². The standard InChI is InChI=1S/C17H24ClN3/c1-4-21(3)11-5-6-13(2)20-16-9-10-19-17-12-14(18)7-8-15(16)17/h7-10,12-13H,4-6,11H2,1-3H3,(H,19,20)/t13-/m1/s1. The fraction of sp³-hybridized carbons (Fsp3) is 0.471. The van der Waals surface area contributed by atoms with E-state index in [1.54, 1.807) is 0 Å². The number of nitrogens with one attached hydrogen (secondary N) is 1. The smallest absolute Gasteiger partial charge is 0.0737 e. The van der Waals surface area contributed by atoms with Crippen molar-refractivity contribution in [3.8, 4) is 0 Å². The molecule has 114 valence electrons. The first kappa shape index (κ1) is 16.1. The third-order valence-corrected chi connectivity index (χ3v) is 4.06. The van der Waals surface area contributed by atoms with Crippen LogP contribution in [0.5, 0.6) is 0 Å². The molecule has 0 aliphatic heterocycles. The lowest BCUT2D eigenvalue weighted by Gasteiger charge is -2.19. The van der Waals surface area contributed by atoms with E-state index in [9.17, 15) is 0 Å². The van der Waals surface area contributed by atoms with Gasteiger partial charge in [-0.1, -0.05) is 18.5 Å². The van der Waals surface area contributed by atoms with Crippen molar-refractivity contribution < 1.29 is 0 Å². The van der Waals surface area contributed by atoms with E-state index in [0.29, 0.717) is 6.04 Å². The first-order valence-corrected chi connectivity index (χ1v) is 7.97. The van der Waals surface area contributed by atoms with Crippen molar-refractivity contribution >= 4 is 28.2 Å². The van der Waals surface area contributed by atoms with Gasteiger partial charge in [-0.25, -0.2) is 0 Å². The summed E-state index contributed by atoms with van der Waals surface area (Å²) in [6, 6.07) is 8.33. The van der Waals surface area contributed by atoms with Gasteiger partial charge in [-0.15, -0.1) is 0 Å². The molecule has 0 fully saturated rings. The van der Waals surface area contributed by atoms with Gasteiger partial charge in [0.2, 0.25) is 0 Å². The molecule has 0 unspecified atom stereocenters. The molecule has 0 spiro atoms. The Morgan fingerprint density at radius 3 is 2.90 bits per heavy atom. The number of anilines is 1. The van der Waals surface area contributed by atoms with Crippen LogP contribution in [0.25, 0.3) is 10.9 Å². The van der Waals surface area contributed by atoms with Gasteiger partial charge >= 0.3 is 0 Å². The molecule has 0 amide bonds. The summed E-state index contributed by atoms with van der Waals surface area (Å²) in [5, 5.41) is 5.44. The lowest BCUT2D eigenvalue weighted by atomic mass is 10.1. The molecular weight excluding hydrogens is 282 g/mol. The van der Waals surface area contributed by atoms with Gasteiger partial charge in [0.15, 0.2) is 0 Å². The highest BCUT2D eigenvalue weighted by atomic mass is 35.5. The van der Waals surface area contributed by atoms with Crippen LogP contribution in [0.1, 0.15) is 26.7 Å². The van der Waals surface area contributed by atoms with Crippen molar-refractivity contribution in [2.75, 3.05) is 25.5 Å². The second-order valence-corrected chi connectivity index (χ2v) is 6.04. The van der Waals surface area contributed by atoms with E-state index in [1.807, 2.05) is 30.5 Å². The average molecular weight is 306 g/mol. The van der Waals surface area contributed by atoms with Crippen molar-refractivity contribution in [2.24, 2.45) is 0 Å². The number of benzene rings is 1. The number of pyridine rings is 1. The highest BCUT2D eigenvalue weighted by molar-refractivity contribution is 6.31. The quantitative estimate of drug-likeness (QED) is 0.820. The molecule has 0 aliphatic carbocycles. The summed E-state index contributed by atoms with van der Waals surface area (Å²) in [7, 11) is 2.16. The molecule has 0 aliphatic rings. The molecule has 2 aromatic rings. The SMILES string of the molecule is CCN(C)CCC[C@@H](C)Nc1ccnc2cc(Cl)ccc12. The number of halogens is 1. The summed E-state index contributed by atoms with van der Waals surface area (Å²) >= 11 is 6.02. The zero-order valence-corrected chi connectivity index (χ0v) is 13.8. The normalized spacial score (nSPS) is 12.8. The Labute approximate surface area is 132 Å². The molecule has 0 saturated heterocycles. The Morgan fingerprint density at radius 2 is 2.14 bits per heavy atom. The molecule has 1 atom stereocenters. The second-order valence-electron chi connectivity index (χ2n) is 5.60. The number of fused-ring (bicyclic) bond motifs is 1. The molecule has 3 nitrogen and oxygen atoms in total. The average Bonchev–Trinajstić information content (AvgIpc) is 2.47. The van der Waals surface area contributed by atoms with Gasteiger partial charge in [0.1, 0.15) is 0 Å². The highest BCUT2D eigenvalue weighted by Gasteiger charge is 2.07. The minimum atomic E-state index is 0.441. The van der Waals surface area contributed by atoms with Gasteiger partial charge in [0, 0.05) is 28.3 Å². The van der Waals surface area contributed by atoms with Gasteiger partial charge < -0.3 is 10.2 Å². The predicted molar refractivity (Wildman–Crippen MR) is 92.2 cm³/mol. The van der Waals surface area contributed by atoms with Crippen LogP contribution in [-0.2, 0) is 0 Å². The molecule has 4 heteroatoms. The molecule has 0 radical (unpaired) electrons. The number of hydrogen-bond acceptors (Lipinski definition) is 3. The topological polar surface area (TPSA) is 28.2 Å². The van der Waals surface area contributed by atoms with Gasteiger partial charge in [-0.3, -0.25) is 4.98 Å². The van der Waals surface area contributed by atoms with Crippen LogP contribution in [0, 0.1) is 0 Å². The Morgan fingerprint density at radius 1 is 1.33 bits per heavy atom. The van der Waals surface area contributed by atoms with Crippen molar-refractivity contribution in [1.82, 2.24) is 9.88 Å². The molecule has 1 aromatic heterocycles. The highest BCUT2D eigenvalue weighted by Crippen LogP contribution is 2.25. The monoisotopic (exact) mass is 305 g/mol. The zero-order chi connectivity index (χ0) is 15.2. The summed E-state index contributed by atoms with van der Waals surface area (Å²) < 4.78 is 0. The molecule has 1 N–H and O–H groups in total. The van der Waals surface area contributed by atoms with E-state index in [-0.39, 0.29) is 0 Å². The maximum atomic E-state index is 6.02. The van der Waals surface area contributed by atoms with Crippen LogP contribution in [0.2, 0.25) is 5.02 Å². The maximum Gasteiger partial charge on any atom is 0.0737 e. The van der Waals surface area contributed by atoms with Crippen LogP contribution in [0.15, 0.2) is 30.5 Å². The summed E-state index contributed by atoms with van der Waals surface area (Å²) in [4.78, 5) is 6.72. The Hall–Kier alpha value is -1.32. The largest absolute Gasteiger partial charge is 0.382 e.